The number of piperazine rings is 1. The number of nitrogens with zero attached hydrogens (tertiary/aromatic N) is 2. The smallest absolute Gasteiger partial charge is 0.263 e. The SMILES string of the molecule is CC(Oc1cccc(Cl)c1)C(=O)N1CCN(Cc2ccc3c(c2)OCO3)CC1. The molecule has 1 saturated heterocycles. The summed E-state index contributed by atoms with van der Waals surface area (Å²) in [5.41, 5.74) is 1.18. The average Bonchev–Trinajstić information content (AvgIpc) is 3.16. The minimum absolute atomic E-state index is 0.00250. The third kappa shape index (κ3) is 4.34. The second-order valence-electron chi connectivity index (χ2n) is 7.01. The van der Waals surface area contributed by atoms with Gasteiger partial charge < -0.3 is 19.1 Å². The molecule has 0 spiro atoms. The molecule has 1 fully saturated rings. The van der Waals surface area contributed by atoms with Gasteiger partial charge in [-0.25, -0.2) is 0 Å². The number of benzene rings is 2. The lowest BCUT2D eigenvalue weighted by Crippen LogP contribution is -2.51. The summed E-state index contributed by atoms with van der Waals surface area (Å²) in [4.78, 5) is 16.9. The molecule has 0 radical (unpaired) electrons. The molecular weight excluding hydrogens is 380 g/mol. The van der Waals surface area contributed by atoms with Crippen molar-refractivity contribution in [2.45, 2.75) is 19.6 Å². The topological polar surface area (TPSA) is 51.2 Å². The molecule has 0 N–H and O–H groups in total. The predicted octanol–water partition coefficient (Wildman–Crippen LogP) is 3.18. The van der Waals surface area contributed by atoms with Crippen LogP contribution >= 0.6 is 11.6 Å². The van der Waals surface area contributed by atoms with Gasteiger partial charge in [-0.1, -0.05) is 23.7 Å². The van der Waals surface area contributed by atoms with Gasteiger partial charge in [-0.3, -0.25) is 9.69 Å². The quantitative estimate of drug-likeness (QED) is 0.768. The molecule has 4 rings (SSSR count). The van der Waals surface area contributed by atoms with Crippen molar-refractivity contribution >= 4 is 17.5 Å². The highest BCUT2D eigenvalue weighted by atomic mass is 35.5. The standard InChI is InChI=1S/C21H23ClN2O4/c1-15(28-18-4-2-3-17(22)12-18)21(25)24-9-7-23(8-10-24)13-16-5-6-19-20(11-16)27-14-26-19/h2-6,11-12,15H,7-10,13-14H2,1H3. The zero-order valence-corrected chi connectivity index (χ0v) is 16.5. The van der Waals surface area contributed by atoms with Crippen LogP contribution in [0, 0.1) is 0 Å². The molecule has 6 nitrogen and oxygen atoms in total. The summed E-state index contributed by atoms with van der Waals surface area (Å²) in [5.74, 6) is 2.21. The van der Waals surface area contributed by atoms with Crippen LogP contribution in [-0.2, 0) is 11.3 Å². The first kappa shape index (κ1) is 18.9. The van der Waals surface area contributed by atoms with Crippen molar-refractivity contribution in [3.63, 3.8) is 0 Å². The Kier molecular flexibility index (Phi) is 5.59. The number of rotatable bonds is 5. The van der Waals surface area contributed by atoms with Gasteiger partial charge in [0.25, 0.3) is 5.91 Å². The largest absolute Gasteiger partial charge is 0.481 e. The average molecular weight is 403 g/mol. The zero-order chi connectivity index (χ0) is 19.5. The van der Waals surface area contributed by atoms with Gasteiger partial charge in [0.15, 0.2) is 17.6 Å². The van der Waals surface area contributed by atoms with Gasteiger partial charge in [-0.05, 0) is 42.8 Å². The molecule has 2 aliphatic rings. The van der Waals surface area contributed by atoms with Crippen molar-refractivity contribution in [3.05, 3.63) is 53.1 Å². The summed E-state index contributed by atoms with van der Waals surface area (Å²) < 4.78 is 16.6. The highest BCUT2D eigenvalue weighted by molar-refractivity contribution is 6.30. The third-order valence-corrected chi connectivity index (χ3v) is 5.22. The van der Waals surface area contributed by atoms with Gasteiger partial charge >= 0.3 is 0 Å². The summed E-state index contributed by atoms with van der Waals surface area (Å²) in [6.45, 7) is 5.91. The third-order valence-electron chi connectivity index (χ3n) is 4.98. The molecule has 1 unspecified atom stereocenters. The summed E-state index contributed by atoms with van der Waals surface area (Å²) in [6.07, 6.45) is -0.543. The lowest BCUT2D eigenvalue weighted by atomic mass is 10.1. The minimum Gasteiger partial charge on any atom is -0.481 e. The van der Waals surface area contributed by atoms with Crippen molar-refractivity contribution in [2.75, 3.05) is 33.0 Å². The van der Waals surface area contributed by atoms with Crippen LogP contribution in [0.4, 0.5) is 0 Å². The maximum Gasteiger partial charge on any atom is 0.263 e. The first-order chi connectivity index (χ1) is 13.6. The van der Waals surface area contributed by atoms with Crippen molar-refractivity contribution in [1.82, 2.24) is 9.80 Å². The van der Waals surface area contributed by atoms with Gasteiger partial charge in [0, 0.05) is 37.7 Å². The van der Waals surface area contributed by atoms with E-state index in [1.807, 2.05) is 23.1 Å². The fraction of sp³-hybridized carbons (Fsp3) is 0.381. The molecule has 1 amide bonds. The van der Waals surface area contributed by atoms with Crippen molar-refractivity contribution < 1.29 is 19.0 Å². The molecule has 2 aromatic rings. The lowest BCUT2D eigenvalue weighted by molar-refractivity contribution is -0.139. The van der Waals surface area contributed by atoms with E-state index in [0.29, 0.717) is 23.9 Å². The second kappa shape index (κ2) is 8.29. The molecule has 1 atom stereocenters. The molecule has 28 heavy (non-hydrogen) atoms. The van der Waals surface area contributed by atoms with Crippen molar-refractivity contribution in [2.24, 2.45) is 0 Å². The first-order valence-corrected chi connectivity index (χ1v) is 9.78. The Hall–Kier alpha value is -2.44. The van der Waals surface area contributed by atoms with E-state index in [9.17, 15) is 4.79 Å². The summed E-state index contributed by atoms with van der Waals surface area (Å²) in [7, 11) is 0. The molecule has 7 heteroatoms. The predicted molar refractivity (Wildman–Crippen MR) is 106 cm³/mol. The van der Waals surface area contributed by atoms with Gasteiger partial charge in [0.2, 0.25) is 6.79 Å². The van der Waals surface area contributed by atoms with Crippen LogP contribution in [0.3, 0.4) is 0 Å². The summed E-state index contributed by atoms with van der Waals surface area (Å²) >= 11 is 5.97. The fourth-order valence-electron chi connectivity index (χ4n) is 3.48. The number of carbonyl (C=O) groups is 1. The van der Waals surface area contributed by atoms with E-state index < -0.39 is 6.10 Å². The van der Waals surface area contributed by atoms with Gasteiger partial charge in [0.05, 0.1) is 0 Å². The Labute approximate surface area is 169 Å². The monoisotopic (exact) mass is 402 g/mol. The fourth-order valence-corrected chi connectivity index (χ4v) is 3.66. The number of fused-ring (bicyclic) bond motifs is 1. The molecule has 2 heterocycles. The van der Waals surface area contributed by atoms with Gasteiger partial charge in [0.1, 0.15) is 5.75 Å². The minimum atomic E-state index is -0.543. The molecule has 0 bridgehead atoms. The lowest BCUT2D eigenvalue weighted by Gasteiger charge is -2.35. The summed E-state index contributed by atoms with van der Waals surface area (Å²) in [5, 5.41) is 0.592. The number of hydrogen-bond donors (Lipinski definition) is 0. The number of halogens is 1. The normalized spacial score (nSPS) is 17.4. The zero-order valence-electron chi connectivity index (χ0n) is 15.8. The molecule has 2 aromatic carbocycles. The number of carbonyl (C=O) groups excluding carboxylic acids is 1. The van der Waals surface area contributed by atoms with Crippen LogP contribution in [0.1, 0.15) is 12.5 Å². The number of amides is 1. The number of ether oxygens (including phenoxy) is 3. The van der Waals surface area contributed by atoms with E-state index >= 15 is 0 Å². The van der Waals surface area contributed by atoms with Crippen molar-refractivity contribution in [1.29, 1.82) is 0 Å². The first-order valence-electron chi connectivity index (χ1n) is 9.40. The van der Waals surface area contributed by atoms with Crippen LogP contribution in [-0.4, -0.2) is 54.8 Å². The Bertz CT molecular complexity index is 852. The van der Waals surface area contributed by atoms with Crippen LogP contribution in [0.2, 0.25) is 5.02 Å². The molecule has 0 aliphatic carbocycles. The highest BCUT2D eigenvalue weighted by Gasteiger charge is 2.26. The van der Waals surface area contributed by atoms with Crippen LogP contribution in [0.25, 0.3) is 0 Å². The highest BCUT2D eigenvalue weighted by Crippen LogP contribution is 2.32. The van der Waals surface area contributed by atoms with E-state index in [4.69, 9.17) is 25.8 Å². The Balaban J connectivity index is 1.28. The second-order valence-corrected chi connectivity index (χ2v) is 7.44. The maximum absolute atomic E-state index is 12.7. The van der Waals surface area contributed by atoms with E-state index in [-0.39, 0.29) is 12.7 Å². The Morgan fingerprint density at radius 2 is 1.89 bits per heavy atom. The molecule has 2 aliphatic heterocycles. The van der Waals surface area contributed by atoms with E-state index in [0.717, 1.165) is 31.1 Å². The van der Waals surface area contributed by atoms with E-state index in [2.05, 4.69) is 11.0 Å². The van der Waals surface area contributed by atoms with Gasteiger partial charge in [-0.2, -0.15) is 0 Å². The Morgan fingerprint density at radius 1 is 1.11 bits per heavy atom. The number of hydrogen-bond acceptors (Lipinski definition) is 5. The molecule has 0 aromatic heterocycles. The van der Waals surface area contributed by atoms with Crippen molar-refractivity contribution in [3.8, 4) is 17.2 Å². The maximum atomic E-state index is 12.7. The van der Waals surface area contributed by atoms with E-state index in [1.165, 1.54) is 5.56 Å². The van der Waals surface area contributed by atoms with Gasteiger partial charge in [-0.15, -0.1) is 0 Å². The molecule has 0 saturated carbocycles. The van der Waals surface area contributed by atoms with E-state index in [1.54, 1.807) is 25.1 Å². The van der Waals surface area contributed by atoms with Crippen LogP contribution in [0.5, 0.6) is 17.2 Å². The van der Waals surface area contributed by atoms with Crippen LogP contribution in [0.15, 0.2) is 42.5 Å². The summed E-state index contributed by atoms with van der Waals surface area (Å²) in [6, 6.07) is 13.1. The molecule has 148 valence electrons. The molecular formula is C21H23ClN2O4. The van der Waals surface area contributed by atoms with Crippen LogP contribution < -0.4 is 14.2 Å². The Morgan fingerprint density at radius 3 is 2.68 bits per heavy atom.